The lowest BCUT2D eigenvalue weighted by atomic mass is 10.0. The molecule has 0 radical (unpaired) electrons. The van der Waals surface area contributed by atoms with Crippen molar-refractivity contribution in [1.29, 1.82) is 0 Å². The first-order valence-corrected chi connectivity index (χ1v) is 5.31. The van der Waals surface area contributed by atoms with Gasteiger partial charge in [-0.1, -0.05) is 6.07 Å². The lowest BCUT2D eigenvalue weighted by Gasteiger charge is -2.24. The summed E-state index contributed by atoms with van der Waals surface area (Å²) in [5.74, 6) is 0.232. The number of nitrogens with one attached hydrogen (secondary N) is 1. The number of hydrogen-bond donors (Lipinski definition) is 1. The van der Waals surface area contributed by atoms with E-state index in [0.29, 0.717) is 5.65 Å². The van der Waals surface area contributed by atoms with Crippen molar-refractivity contribution in [1.82, 2.24) is 14.7 Å². The van der Waals surface area contributed by atoms with E-state index in [1.54, 1.807) is 6.07 Å². The molecule has 0 unspecified atom stereocenters. The number of aromatic nitrogens is 2. The van der Waals surface area contributed by atoms with E-state index in [9.17, 15) is 13.2 Å². The first-order valence-electron chi connectivity index (χ1n) is 5.31. The standard InChI is InChI=1S/C11H10F3N3/c12-11(13,14)9-2-1-3-10-16-8(6-17(9)10)7-4-15-5-7/h1-3,6-7,15H,4-5H2. The molecule has 0 bridgehead atoms. The van der Waals surface area contributed by atoms with Crippen LogP contribution < -0.4 is 5.32 Å². The Morgan fingerprint density at radius 1 is 1.29 bits per heavy atom. The summed E-state index contributed by atoms with van der Waals surface area (Å²) in [6.07, 6.45) is -2.86. The summed E-state index contributed by atoms with van der Waals surface area (Å²) in [7, 11) is 0. The third-order valence-electron chi connectivity index (χ3n) is 3.00. The van der Waals surface area contributed by atoms with Crippen LogP contribution >= 0.6 is 0 Å². The number of rotatable bonds is 1. The van der Waals surface area contributed by atoms with Gasteiger partial charge in [-0.3, -0.25) is 4.40 Å². The maximum absolute atomic E-state index is 12.8. The van der Waals surface area contributed by atoms with Crippen molar-refractivity contribution < 1.29 is 13.2 Å². The van der Waals surface area contributed by atoms with Crippen molar-refractivity contribution in [2.24, 2.45) is 0 Å². The molecule has 1 aliphatic heterocycles. The average Bonchev–Trinajstić information content (AvgIpc) is 2.55. The van der Waals surface area contributed by atoms with E-state index in [2.05, 4.69) is 10.3 Å². The number of nitrogens with zero attached hydrogens (tertiary/aromatic N) is 2. The minimum absolute atomic E-state index is 0.232. The zero-order chi connectivity index (χ0) is 12.0. The summed E-state index contributed by atoms with van der Waals surface area (Å²) in [6.45, 7) is 1.57. The quantitative estimate of drug-likeness (QED) is 0.827. The van der Waals surface area contributed by atoms with Gasteiger partial charge in [-0.25, -0.2) is 4.98 Å². The van der Waals surface area contributed by atoms with Gasteiger partial charge in [-0.2, -0.15) is 13.2 Å². The molecule has 90 valence electrons. The van der Waals surface area contributed by atoms with Gasteiger partial charge in [-0.15, -0.1) is 0 Å². The molecule has 0 saturated carbocycles. The monoisotopic (exact) mass is 241 g/mol. The Hall–Kier alpha value is -1.56. The molecule has 0 spiro atoms. The molecule has 0 atom stereocenters. The van der Waals surface area contributed by atoms with Crippen LogP contribution in [-0.2, 0) is 6.18 Å². The van der Waals surface area contributed by atoms with E-state index in [1.807, 2.05) is 0 Å². The molecule has 0 amide bonds. The predicted molar refractivity (Wildman–Crippen MR) is 55.8 cm³/mol. The summed E-state index contributed by atoms with van der Waals surface area (Å²) >= 11 is 0. The molecule has 0 aromatic carbocycles. The fraction of sp³-hybridized carbons (Fsp3) is 0.364. The Morgan fingerprint density at radius 2 is 2.06 bits per heavy atom. The molecule has 3 nitrogen and oxygen atoms in total. The summed E-state index contributed by atoms with van der Waals surface area (Å²) in [5.41, 5.74) is 0.392. The van der Waals surface area contributed by atoms with Crippen molar-refractivity contribution in [3.8, 4) is 0 Å². The maximum Gasteiger partial charge on any atom is 0.431 e. The molecule has 1 N–H and O–H groups in total. The van der Waals surface area contributed by atoms with Crippen molar-refractivity contribution in [3.63, 3.8) is 0 Å². The average molecular weight is 241 g/mol. The van der Waals surface area contributed by atoms with Gasteiger partial charge in [0.2, 0.25) is 0 Å². The molecular weight excluding hydrogens is 231 g/mol. The van der Waals surface area contributed by atoms with Crippen LogP contribution in [0.2, 0.25) is 0 Å². The van der Waals surface area contributed by atoms with Gasteiger partial charge in [0.05, 0.1) is 5.69 Å². The zero-order valence-corrected chi connectivity index (χ0v) is 8.83. The number of fused-ring (bicyclic) bond motifs is 1. The Kier molecular flexibility index (Phi) is 2.16. The van der Waals surface area contributed by atoms with Gasteiger partial charge in [-0.05, 0) is 12.1 Å². The van der Waals surface area contributed by atoms with Crippen molar-refractivity contribution in [3.05, 3.63) is 35.8 Å². The molecule has 1 aliphatic rings. The fourth-order valence-corrected chi connectivity index (χ4v) is 1.96. The molecule has 3 heterocycles. The largest absolute Gasteiger partial charge is 0.431 e. The second-order valence-electron chi connectivity index (χ2n) is 4.16. The van der Waals surface area contributed by atoms with Gasteiger partial charge < -0.3 is 5.32 Å². The number of alkyl halides is 3. The van der Waals surface area contributed by atoms with Crippen LogP contribution in [0.1, 0.15) is 17.3 Å². The number of imidazole rings is 1. The SMILES string of the molecule is FC(F)(F)c1cccc2nc(C3CNC3)cn12. The first-order chi connectivity index (χ1) is 8.05. The molecule has 0 aliphatic carbocycles. The van der Waals surface area contributed by atoms with E-state index >= 15 is 0 Å². The van der Waals surface area contributed by atoms with Crippen LogP contribution in [-0.4, -0.2) is 22.5 Å². The second kappa shape index (κ2) is 3.46. The van der Waals surface area contributed by atoms with Crippen LogP contribution in [0.3, 0.4) is 0 Å². The van der Waals surface area contributed by atoms with Gasteiger partial charge in [0.25, 0.3) is 0 Å². The van der Waals surface area contributed by atoms with Gasteiger partial charge in [0.1, 0.15) is 11.3 Å². The third-order valence-corrected chi connectivity index (χ3v) is 3.00. The minimum atomic E-state index is -4.35. The second-order valence-corrected chi connectivity index (χ2v) is 4.16. The summed E-state index contributed by atoms with van der Waals surface area (Å²) in [4.78, 5) is 4.23. The summed E-state index contributed by atoms with van der Waals surface area (Å²) in [6, 6.07) is 4.04. The van der Waals surface area contributed by atoms with Crippen LogP contribution in [0.25, 0.3) is 5.65 Å². The Balaban J connectivity index is 2.14. The molecule has 2 aromatic rings. The Labute approximate surface area is 95.3 Å². The van der Waals surface area contributed by atoms with Crippen LogP contribution in [0, 0.1) is 0 Å². The Morgan fingerprint density at radius 3 is 2.65 bits per heavy atom. The van der Waals surface area contributed by atoms with E-state index in [1.165, 1.54) is 12.3 Å². The van der Waals surface area contributed by atoms with E-state index in [0.717, 1.165) is 29.3 Å². The summed E-state index contributed by atoms with van der Waals surface area (Å²) in [5, 5.41) is 3.08. The highest BCUT2D eigenvalue weighted by Crippen LogP contribution is 2.30. The number of halogens is 3. The van der Waals surface area contributed by atoms with Gasteiger partial charge >= 0.3 is 6.18 Å². The molecule has 2 aromatic heterocycles. The highest BCUT2D eigenvalue weighted by atomic mass is 19.4. The lowest BCUT2D eigenvalue weighted by molar-refractivity contribution is -0.142. The van der Waals surface area contributed by atoms with Crippen LogP contribution in [0.4, 0.5) is 13.2 Å². The number of pyridine rings is 1. The Bertz CT molecular complexity index is 555. The predicted octanol–water partition coefficient (Wildman–Crippen LogP) is 2.04. The fourth-order valence-electron chi connectivity index (χ4n) is 1.96. The molecule has 17 heavy (non-hydrogen) atoms. The van der Waals surface area contributed by atoms with Crippen molar-refractivity contribution >= 4 is 5.65 Å². The van der Waals surface area contributed by atoms with Gasteiger partial charge in [0, 0.05) is 25.2 Å². The van der Waals surface area contributed by atoms with Crippen LogP contribution in [0.5, 0.6) is 0 Å². The first kappa shape index (κ1) is 10.6. The normalized spacial score (nSPS) is 17.4. The molecule has 6 heteroatoms. The smallest absolute Gasteiger partial charge is 0.315 e. The number of hydrogen-bond acceptors (Lipinski definition) is 2. The van der Waals surface area contributed by atoms with Crippen LogP contribution in [0.15, 0.2) is 24.4 Å². The molecule has 1 fully saturated rings. The zero-order valence-electron chi connectivity index (χ0n) is 8.83. The molecular formula is C11H10F3N3. The molecule has 3 rings (SSSR count). The lowest BCUT2D eigenvalue weighted by Crippen LogP contribution is -2.40. The van der Waals surface area contributed by atoms with Crippen molar-refractivity contribution in [2.45, 2.75) is 12.1 Å². The van der Waals surface area contributed by atoms with Gasteiger partial charge in [0.15, 0.2) is 0 Å². The van der Waals surface area contributed by atoms with E-state index in [-0.39, 0.29) is 5.92 Å². The summed E-state index contributed by atoms with van der Waals surface area (Å²) < 4.78 is 39.4. The van der Waals surface area contributed by atoms with E-state index < -0.39 is 11.9 Å². The maximum atomic E-state index is 12.8. The highest BCUT2D eigenvalue weighted by molar-refractivity contribution is 5.43. The molecule has 1 saturated heterocycles. The van der Waals surface area contributed by atoms with E-state index in [4.69, 9.17) is 0 Å². The van der Waals surface area contributed by atoms with Crippen molar-refractivity contribution in [2.75, 3.05) is 13.1 Å². The minimum Gasteiger partial charge on any atom is -0.315 e. The highest BCUT2D eigenvalue weighted by Gasteiger charge is 2.34. The third kappa shape index (κ3) is 1.68. The topological polar surface area (TPSA) is 29.3 Å².